The van der Waals surface area contributed by atoms with Gasteiger partial charge in [-0.1, -0.05) is 37.3 Å². The molecule has 0 aliphatic rings. The summed E-state index contributed by atoms with van der Waals surface area (Å²) in [6, 6.07) is 14.7. The molecule has 0 unspecified atom stereocenters. The molecule has 4 heteroatoms. The molecule has 2 aromatic carbocycles. The third-order valence-electron chi connectivity index (χ3n) is 3.56. The lowest BCUT2D eigenvalue weighted by Gasteiger charge is -2.24. The molecule has 0 radical (unpaired) electrons. The topological polar surface area (TPSA) is 29.3 Å². The van der Waals surface area contributed by atoms with E-state index in [1.807, 2.05) is 19.4 Å². The minimum atomic E-state index is 0.437. The van der Waals surface area contributed by atoms with Crippen LogP contribution in [0.15, 0.2) is 47.4 Å². The van der Waals surface area contributed by atoms with Gasteiger partial charge in [0.25, 0.3) is 0 Å². The van der Waals surface area contributed by atoms with Crippen molar-refractivity contribution in [1.29, 1.82) is 0 Å². The summed E-state index contributed by atoms with van der Waals surface area (Å²) in [5.41, 5.74) is 10.4. The first-order valence-electron chi connectivity index (χ1n) is 6.88. The van der Waals surface area contributed by atoms with Crippen LogP contribution in [0.1, 0.15) is 18.1 Å². The summed E-state index contributed by atoms with van der Waals surface area (Å²) in [7, 11) is 2.04. The van der Waals surface area contributed by atoms with E-state index >= 15 is 0 Å². The summed E-state index contributed by atoms with van der Waals surface area (Å²) in [4.78, 5) is 3.68. The summed E-state index contributed by atoms with van der Waals surface area (Å²) in [5.74, 6) is 0. The van der Waals surface area contributed by atoms with Gasteiger partial charge in [0.1, 0.15) is 4.99 Å². The molecular formula is C17H20N2S2. The maximum absolute atomic E-state index is 5.94. The van der Waals surface area contributed by atoms with Gasteiger partial charge in [0.2, 0.25) is 0 Å². The van der Waals surface area contributed by atoms with Crippen LogP contribution in [0.5, 0.6) is 0 Å². The smallest absolute Gasteiger partial charge is 0.107 e. The van der Waals surface area contributed by atoms with Crippen molar-refractivity contribution >= 4 is 40.3 Å². The number of nitrogens with two attached hydrogens (primary N) is 1. The number of rotatable bonds is 5. The molecule has 0 saturated heterocycles. The van der Waals surface area contributed by atoms with Crippen molar-refractivity contribution in [3.8, 4) is 0 Å². The van der Waals surface area contributed by atoms with E-state index in [2.05, 4.69) is 48.2 Å². The molecule has 0 bridgehead atoms. The third-order valence-corrected chi connectivity index (χ3v) is 4.55. The number of hydrogen-bond acceptors (Lipinski definition) is 3. The van der Waals surface area contributed by atoms with Gasteiger partial charge in [-0.3, -0.25) is 0 Å². The van der Waals surface area contributed by atoms with Crippen LogP contribution in [0.2, 0.25) is 0 Å². The van der Waals surface area contributed by atoms with E-state index in [4.69, 9.17) is 18.0 Å². The van der Waals surface area contributed by atoms with E-state index in [-0.39, 0.29) is 0 Å². The van der Waals surface area contributed by atoms with E-state index in [9.17, 15) is 0 Å². The zero-order valence-corrected chi connectivity index (χ0v) is 14.2. The van der Waals surface area contributed by atoms with Crippen molar-refractivity contribution in [2.24, 2.45) is 5.73 Å². The van der Waals surface area contributed by atoms with Gasteiger partial charge in [-0.2, -0.15) is 0 Å². The highest BCUT2D eigenvalue weighted by atomic mass is 32.2. The summed E-state index contributed by atoms with van der Waals surface area (Å²) < 4.78 is 0. The Labute approximate surface area is 136 Å². The highest BCUT2D eigenvalue weighted by molar-refractivity contribution is 7.98. The van der Waals surface area contributed by atoms with E-state index in [0.29, 0.717) is 4.99 Å². The van der Waals surface area contributed by atoms with Crippen molar-refractivity contribution in [2.45, 2.75) is 18.2 Å². The van der Waals surface area contributed by atoms with Crippen molar-refractivity contribution in [3.63, 3.8) is 0 Å². The largest absolute Gasteiger partial charge is 0.389 e. The SMILES string of the molecule is CCc1ccc(N(C)c2cccc(SC)c2C(N)=S)cc1. The Bertz CT molecular complexity index is 636. The Balaban J connectivity index is 2.46. The lowest BCUT2D eigenvalue weighted by Crippen LogP contribution is -2.18. The number of benzene rings is 2. The van der Waals surface area contributed by atoms with Crippen molar-refractivity contribution < 1.29 is 0 Å². The van der Waals surface area contributed by atoms with Gasteiger partial charge < -0.3 is 10.6 Å². The standard InChI is InChI=1S/C17H20N2S2/c1-4-12-8-10-13(11-9-12)19(2)14-6-5-7-15(21-3)16(14)17(18)20/h5-11H,4H2,1-3H3,(H2,18,20). The molecule has 2 aromatic rings. The molecule has 0 spiro atoms. The summed E-state index contributed by atoms with van der Waals surface area (Å²) in [5, 5.41) is 0. The van der Waals surface area contributed by atoms with Gasteiger partial charge in [0, 0.05) is 23.2 Å². The molecule has 110 valence electrons. The molecule has 0 aliphatic carbocycles. The minimum Gasteiger partial charge on any atom is -0.389 e. The first kappa shape index (κ1) is 15.9. The monoisotopic (exact) mass is 316 g/mol. The van der Waals surface area contributed by atoms with E-state index in [0.717, 1.165) is 28.3 Å². The molecule has 0 atom stereocenters. The molecule has 0 saturated carbocycles. The third kappa shape index (κ3) is 3.39. The van der Waals surface area contributed by atoms with Crippen LogP contribution in [0.4, 0.5) is 11.4 Å². The maximum atomic E-state index is 5.94. The lowest BCUT2D eigenvalue weighted by atomic mass is 10.1. The average molecular weight is 316 g/mol. The molecule has 0 aromatic heterocycles. The molecule has 21 heavy (non-hydrogen) atoms. The van der Waals surface area contributed by atoms with E-state index in [1.54, 1.807) is 11.8 Å². The van der Waals surface area contributed by atoms with Crippen LogP contribution in [0.3, 0.4) is 0 Å². The predicted molar refractivity (Wildman–Crippen MR) is 98.0 cm³/mol. The number of anilines is 2. The van der Waals surface area contributed by atoms with Gasteiger partial charge in [-0.25, -0.2) is 0 Å². The number of hydrogen-bond donors (Lipinski definition) is 1. The normalized spacial score (nSPS) is 10.4. The Morgan fingerprint density at radius 1 is 1.19 bits per heavy atom. The molecule has 0 amide bonds. The number of aryl methyl sites for hydroxylation is 1. The van der Waals surface area contributed by atoms with Crippen molar-refractivity contribution in [3.05, 3.63) is 53.6 Å². The van der Waals surface area contributed by atoms with Gasteiger partial charge in [0.15, 0.2) is 0 Å². The first-order chi connectivity index (χ1) is 10.1. The van der Waals surface area contributed by atoms with E-state index in [1.165, 1.54) is 5.56 Å². The molecule has 0 aliphatic heterocycles. The molecular weight excluding hydrogens is 296 g/mol. The molecule has 0 fully saturated rings. The van der Waals surface area contributed by atoms with Crippen LogP contribution in [-0.2, 0) is 6.42 Å². The van der Waals surface area contributed by atoms with Gasteiger partial charge >= 0.3 is 0 Å². The first-order valence-corrected chi connectivity index (χ1v) is 8.51. The van der Waals surface area contributed by atoms with E-state index < -0.39 is 0 Å². The Hall–Kier alpha value is -1.52. The van der Waals surface area contributed by atoms with Crippen LogP contribution in [0, 0.1) is 0 Å². The Morgan fingerprint density at radius 2 is 1.86 bits per heavy atom. The fourth-order valence-corrected chi connectivity index (χ4v) is 3.22. The molecule has 0 heterocycles. The molecule has 2 rings (SSSR count). The van der Waals surface area contributed by atoms with Crippen molar-refractivity contribution in [1.82, 2.24) is 0 Å². The van der Waals surface area contributed by atoms with Gasteiger partial charge in [0.05, 0.1) is 5.69 Å². The van der Waals surface area contributed by atoms with Crippen molar-refractivity contribution in [2.75, 3.05) is 18.2 Å². The lowest BCUT2D eigenvalue weighted by molar-refractivity contribution is 1.13. The maximum Gasteiger partial charge on any atom is 0.107 e. The highest BCUT2D eigenvalue weighted by Crippen LogP contribution is 2.33. The van der Waals surface area contributed by atoms with Crippen LogP contribution in [0.25, 0.3) is 0 Å². The molecule has 2 nitrogen and oxygen atoms in total. The minimum absolute atomic E-state index is 0.437. The average Bonchev–Trinajstić information content (AvgIpc) is 2.53. The number of nitrogens with zero attached hydrogens (tertiary/aromatic N) is 1. The van der Waals surface area contributed by atoms with Crippen LogP contribution < -0.4 is 10.6 Å². The number of thiocarbonyl (C=S) groups is 1. The fourth-order valence-electron chi connectivity index (χ4n) is 2.31. The zero-order chi connectivity index (χ0) is 15.4. The zero-order valence-electron chi connectivity index (χ0n) is 12.6. The second kappa shape index (κ2) is 6.96. The van der Waals surface area contributed by atoms with Gasteiger partial charge in [-0.15, -0.1) is 11.8 Å². The Morgan fingerprint density at radius 3 is 2.38 bits per heavy atom. The van der Waals surface area contributed by atoms with Crippen LogP contribution in [-0.4, -0.2) is 18.3 Å². The quantitative estimate of drug-likeness (QED) is 0.655. The van der Waals surface area contributed by atoms with Gasteiger partial charge in [-0.05, 0) is 42.5 Å². The number of thioether (sulfide) groups is 1. The second-order valence-corrected chi connectivity index (χ2v) is 6.09. The summed E-state index contributed by atoms with van der Waals surface area (Å²) in [6.45, 7) is 2.16. The highest BCUT2D eigenvalue weighted by Gasteiger charge is 2.14. The van der Waals surface area contributed by atoms with Crippen LogP contribution >= 0.6 is 24.0 Å². The predicted octanol–water partition coefficient (Wildman–Crippen LogP) is 4.37. The second-order valence-electron chi connectivity index (χ2n) is 4.80. The fraction of sp³-hybridized carbons (Fsp3) is 0.235. The Kier molecular flexibility index (Phi) is 5.26. The summed E-state index contributed by atoms with van der Waals surface area (Å²) in [6.07, 6.45) is 3.08. The summed E-state index contributed by atoms with van der Waals surface area (Å²) >= 11 is 6.91. The molecule has 2 N–H and O–H groups in total.